The van der Waals surface area contributed by atoms with E-state index in [2.05, 4.69) is 10.3 Å². The summed E-state index contributed by atoms with van der Waals surface area (Å²) in [6.45, 7) is -0.197. The number of fused-ring (bicyclic) bond motifs is 1. The van der Waals surface area contributed by atoms with Crippen LogP contribution in [0.1, 0.15) is 0 Å². The monoisotopic (exact) mass is 244 g/mol. The fraction of sp³-hybridized carbons (Fsp3) is 0.300. The third kappa shape index (κ3) is 2.45. The van der Waals surface area contributed by atoms with Gasteiger partial charge in [0.2, 0.25) is 0 Å². The van der Waals surface area contributed by atoms with E-state index in [0.717, 1.165) is 10.2 Å². The first-order chi connectivity index (χ1) is 7.66. The number of hydrogen-bond donors (Lipinski definition) is 2. The minimum atomic E-state index is -2.73. The molecule has 1 aromatic heterocycles. The Kier molecular flexibility index (Phi) is 3.31. The van der Waals surface area contributed by atoms with Gasteiger partial charge in [0.05, 0.1) is 10.2 Å². The molecule has 0 aliphatic rings. The molecule has 0 bridgehead atoms. The van der Waals surface area contributed by atoms with Crippen molar-refractivity contribution in [2.75, 3.05) is 11.9 Å². The second kappa shape index (κ2) is 4.71. The average Bonchev–Trinajstić information content (AvgIpc) is 2.68. The van der Waals surface area contributed by atoms with Crippen LogP contribution in [0, 0.1) is 0 Å². The van der Waals surface area contributed by atoms with Crippen LogP contribution in [0.15, 0.2) is 24.3 Å². The van der Waals surface area contributed by atoms with Gasteiger partial charge in [0.1, 0.15) is 6.10 Å². The maximum absolute atomic E-state index is 12.0. The molecule has 16 heavy (non-hydrogen) atoms. The first-order valence-corrected chi connectivity index (χ1v) is 5.54. The third-order valence-electron chi connectivity index (χ3n) is 2.05. The summed E-state index contributed by atoms with van der Waals surface area (Å²) in [4.78, 5) is 4.20. The van der Waals surface area contributed by atoms with Crippen molar-refractivity contribution in [1.29, 1.82) is 0 Å². The van der Waals surface area contributed by atoms with Gasteiger partial charge < -0.3 is 10.4 Å². The van der Waals surface area contributed by atoms with Gasteiger partial charge in [-0.2, -0.15) is 0 Å². The SMILES string of the molecule is OC(CNc1nc2ccccc2s1)C(F)F. The average molecular weight is 244 g/mol. The highest BCUT2D eigenvalue weighted by Crippen LogP contribution is 2.25. The van der Waals surface area contributed by atoms with Crippen molar-refractivity contribution in [2.45, 2.75) is 12.5 Å². The summed E-state index contributed by atoms with van der Waals surface area (Å²) in [6, 6.07) is 7.50. The van der Waals surface area contributed by atoms with Gasteiger partial charge in [-0.1, -0.05) is 23.5 Å². The molecule has 2 N–H and O–H groups in total. The molecule has 1 atom stereocenters. The molecule has 1 unspecified atom stereocenters. The number of nitrogens with zero attached hydrogens (tertiary/aromatic N) is 1. The second-order valence-electron chi connectivity index (χ2n) is 3.27. The number of aromatic nitrogens is 1. The molecule has 0 spiro atoms. The Balaban J connectivity index is 2.05. The molecule has 1 aromatic carbocycles. The number of thiazole rings is 1. The Bertz CT molecular complexity index is 442. The lowest BCUT2D eigenvalue weighted by molar-refractivity contribution is 0.00385. The van der Waals surface area contributed by atoms with Gasteiger partial charge in [0, 0.05) is 6.54 Å². The molecule has 2 aromatic rings. The van der Waals surface area contributed by atoms with Crippen LogP contribution in [0.4, 0.5) is 13.9 Å². The molecule has 0 amide bonds. The fourth-order valence-electron chi connectivity index (χ4n) is 1.23. The minimum Gasteiger partial charge on any atom is -0.385 e. The number of alkyl halides is 2. The first kappa shape index (κ1) is 11.2. The predicted molar refractivity (Wildman–Crippen MR) is 60.1 cm³/mol. The number of rotatable bonds is 4. The highest BCUT2D eigenvalue weighted by atomic mass is 32.1. The van der Waals surface area contributed by atoms with Gasteiger partial charge >= 0.3 is 0 Å². The Morgan fingerprint density at radius 3 is 2.81 bits per heavy atom. The number of para-hydroxylation sites is 1. The zero-order chi connectivity index (χ0) is 11.5. The van der Waals surface area contributed by atoms with Crippen LogP contribution < -0.4 is 5.32 Å². The van der Waals surface area contributed by atoms with Crippen molar-refractivity contribution in [1.82, 2.24) is 4.98 Å². The van der Waals surface area contributed by atoms with Crippen molar-refractivity contribution in [3.05, 3.63) is 24.3 Å². The van der Waals surface area contributed by atoms with E-state index in [1.54, 1.807) is 0 Å². The molecular weight excluding hydrogens is 234 g/mol. The quantitative estimate of drug-likeness (QED) is 0.867. The van der Waals surface area contributed by atoms with Crippen LogP contribution in [-0.2, 0) is 0 Å². The Morgan fingerprint density at radius 1 is 1.38 bits per heavy atom. The molecule has 1 heterocycles. The summed E-state index contributed by atoms with van der Waals surface area (Å²) in [5, 5.41) is 12.2. The van der Waals surface area contributed by atoms with E-state index in [-0.39, 0.29) is 6.54 Å². The summed E-state index contributed by atoms with van der Waals surface area (Å²) >= 11 is 1.37. The predicted octanol–water partition coefficient (Wildman–Crippen LogP) is 2.33. The number of nitrogens with one attached hydrogen (secondary N) is 1. The van der Waals surface area contributed by atoms with E-state index in [9.17, 15) is 8.78 Å². The molecule has 2 rings (SSSR count). The molecule has 86 valence electrons. The molecule has 0 saturated heterocycles. The van der Waals surface area contributed by atoms with Crippen molar-refractivity contribution in [2.24, 2.45) is 0 Å². The molecular formula is C10H10F2N2OS. The summed E-state index contributed by atoms with van der Waals surface area (Å²) in [5.74, 6) is 0. The summed E-state index contributed by atoms with van der Waals surface area (Å²) in [7, 11) is 0. The van der Waals surface area contributed by atoms with E-state index in [4.69, 9.17) is 5.11 Å². The van der Waals surface area contributed by atoms with Gasteiger partial charge in [-0.05, 0) is 12.1 Å². The van der Waals surface area contributed by atoms with Gasteiger partial charge in [0.25, 0.3) is 6.43 Å². The van der Waals surface area contributed by atoms with Crippen LogP contribution >= 0.6 is 11.3 Å². The van der Waals surface area contributed by atoms with Crippen LogP contribution in [-0.4, -0.2) is 29.2 Å². The standard InChI is InChI=1S/C10H10F2N2OS/c11-9(12)7(15)5-13-10-14-6-3-1-2-4-8(6)16-10/h1-4,7,9,15H,5H2,(H,13,14). The van der Waals surface area contributed by atoms with E-state index in [1.807, 2.05) is 24.3 Å². The highest BCUT2D eigenvalue weighted by molar-refractivity contribution is 7.22. The van der Waals surface area contributed by atoms with Crippen LogP contribution in [0.2, 0.25) is 0 Å². The van der Waals surface area contributed by atoms with Gasteiger partial charge in [-0.15, -0.1) is 0 Å². The number of aliphatic hydroxyl groups excluding tert-OH is 1. The number of anilines is 1. The summed E-state index contributed by atoms with van der Waals surface area (Å²) in [6.07, 6.45) is -4.39. The lowest BCUT2D eigenvalue weighted by Gasteiger charge is -2.08. The van der Waals surface area contributed by atoms with Crippen LogP contribution in [0.3, 0.4) is 0 Å². The summed E-state index contributed by atoms with van der Waals surface area (Å²) < 4.78 is 25.0. The molecule has 0 saturated carbocycles. The largest absolute Gasteiger partial charge is 0.385 e. The van der Waals surface area contributed by atoms with Crippen LogP contribution in [0.25, 0.3) is 10.2 Å². The Hall–Kier alpha value is -1.27. The molecule has 0 aliphatic carbocycles. The normalized spacial score (nSPS) is 13.2. The molecule has 3 nitrogen and oxygen atoms in total. The topological polar surface area (TPSA) is 45.1 Å². The second-order valence-corrected chi connectivity index (χ2v) is 4.30. The lowest BCUT2D eigenvalue weighted by atomic mass is 10.3. The first-order valence-electron chi connectivity index (χ1n) is 4.72. The third-order valence-corrected chi connectivity index (χ3v) is 3.04. The van der Waals surface area contributed by atoms with E-state index < -0.39 is 12.5 Å². The summed E-state index contributed by atoms with van der Waals surface area (Å²) in [5.41, 5.74) is 0.821. The number of hydrogen-bond acceptors (Lipinski definition) is 4. The number of aliphatic hydroxyl groups is 1. The fourth-order valence-corrected chi connectivity index (χ4v) is 2.10. The molecule has 0 aliphatic heterocycles. The molecule has 6 heteroatoms. The van der Waals surface area contributed by atoms with Crippen molar-refractivity contribution < 1.29 is 13.9 Å². The number of benzene rings is 1. The Labute approximate surface area is 94.7 Å². The maximum Gasteiger partial charge on any atom is 0.265 e. The Morgan fingerprint density at radius 2 is 2.12 bits per heavy atom. The lowest BCUT2D eigenvalue weighted by Crippen LogP contribution is -2.26. The van der Waals surface area contributed by atoms with E-state index >= 15 is 0 Å². The smallest absolute Gasteiger partial charge is 0.265 e. The van der Waals surface area contributed by atoms with Crippen molar-refractivity contribution in [3.8, 4) is 0 Å². The maximum atomic E-state index is 12.0. The van der Waals surface area contributed by atoms with Crippen molar-refractivity contribution >= 4 is 26.7 Å². The van der Waals surface area contributed by atoms with Crippen molar-refractivity contribution in [3.63, 3.8) is 0 Å². The van der Waals surface area contributed by atoms with Gasteiger partial charge in [0.15, 0.2) is 5.13 Å². The molecule has 0 fully saturated rings. The van der Waals surface area contributed by atoms with Crippen LogP contribution in [0.5, 0.6) is 0 Å². The minimum absolute atomic E-state index is 0.197. The zero-order valence-corrected chi connectivity index (χ0v) is 9.05. The van der Waals surface area contributed by atoms with E-state index in [1.165, 1.54) is 11.3 Å². The van der Waals surface area contributed by atoms with Gasteiger partial charge in [-0.3, -0.25) is 0 Å². The highest BCUT2D eigenvalue weighted by Gasteiger charge is 2.16. The molecule has 0 radical (unpaired) electrons. The number of halogens is 2. The van der Waals surface area contributed by atoms with Gasteiger partial charge in [-0.25, -0.2) is 13.8 Å². The van der Waals surface area contributed by atoms with E-state index in [0.29, 0.717) is 5.13 Å². The zero-order valence-electron chi connectivity index (χ0n) is 8.23.